The van der Waals surface area contributed by atoms with Gasteiger partial charge in [0.1, 0.15) is 5.82 Å². The van der Waals surface area contributed by atoms with Crippen LogP contribution in [0, 0.1) is 0 Å². The molecule has 1 fully saturated rings. The van der Waals surface area contributed by atoms with Crippen LogP contribution >= 0.6 is 0 Å². The molecule has 1 aromatic heterocycles. The normalized spacial score (nSPS) is 24.2. The molecule has 0 radical (unpaired) electrons. The maximum atomic E-state index is 12.5. The van der Waals surface area contributed by atoms with E-state index in [2.05, 4.69) is 20.2 Å². The number of hydrogen-bond acceptors (Lipinski definition) is 8. The monoisotopic (exact) mass is 372 g/mol. The van der Waals surface area contributed by atoms with Crippen LogP contribution in [0.1, 0.15) is 24.1 Å². The van der Waals surface area contributed by atoms with Crippen LogP contribution in [0.3, 0.4) is 0 Å². The van der Waals surface area contributed by atoms with Crippen molar-refractivity contribution >= 4 is 30.2 Å². The van der Waals surface area contributed by atoms with Gasteiger partial charge in [0, 0.05) is 44.2 Å². The predicted octanol–water partition coefficient (Wildman–Crippen LogP) is -0.114. The molecule has 0 aromatic carbocycles. The Hall–Kier alpha value is -2.59. The number of amides is 2. The standard InChI is InChI=1S/C17H24N8O2/c1-2-19-17(26)25-4-3-12-13(11-9-20-15(18)21-10-11)22-16(23-14(12)25)24-5-7-27-8-6-24/h9-11,15H,2-8,18H2,1H3,(H,19,26). The third kappa shape index (κ3) is 3.50. The fourth-order valence-electron chi connectivity index (χ4n) is 3.47. The van der Waals surface area contributed by atoms with Gasteiger partial charge in [-0.3, -0.25) is 20.6 Å². The molecule has 0 unspecified atom stereocenters. The van der Waals surface area contributed by atoms with Gasteiger partial charge in [0.2, 0.25) is 5.95 Å². The molecular weight excluding hydrogens is 348 g/mol. The molecule has 4 heterocycles. The molecule has 3 N–H and O–H groups in total. The van der Waals surface area contributed by atoms with Crippen molar-refractivity contribution in [1.82, 2.24) is 15.3 Å². The Labute approximate surface area is 157 Å². The van der Waals surface area contributed by atoms with Crippen LogP contribution in [0.15, 0.2) is 9.98 Å². The highest BCUT2D eigenvalue weighted by molar-refractivity contribution is 5.96. The minimum atomic E-state index is -0.554. The van der Waals surface area contributed by atoms with Crippen LogP contribution in [0.25, 0.3) is 0 Å². The molecule has 0 aliphatic carbocycles. The van der Waals surface area contributed by atoms with Crippen molar-refractivity contribution in [3.63, 3.8) is 0 Å². The van der Waals surface area contributed by atoms with E-state index in [0.29, 0.717) is 44.5 Å². The molecule has 0 saturated carbocycles. The zero-order valence-electron chi connectivity index (χ0n) is 15.3. The molecule has 3 aliphatic heterocycles. The lowest BCUT2D eigenvalue weighted by atomic mass is 10.0. The van der Waals surface area contributed by atoms with Crippen molar-refractivity contribution in [3.8, 4) is 0 Å². The number of nitrogens with one attached hydrogen (secondary N) is 1. The number of fused-ring (bicyclic) bond motifs is 1. The lowest BCUT2D eigenvalue weighted by Crippen LogP contribution is -2.40. The molecule has 1 aromatic rings. The molecular formula is C17H24N8O2. The number of hydrogen-bond donors (Lipinski definition) is 2. The SMILES string of the molecule is CCNC(=O)N1CCc2c(C3C=NC(N)N=C3)nc(N3CCOCC3)nc21. The topological polar surface area (TPSA) is 121 Å². The van der Waals surface area contributed by atoms with Crippen molar-refractivity contribution in [2.45, 2.75) is 25.6 Å². The molecule has 3 aliphatic rings. The Kier molecular flexibility index (Phi) is 4.99. The summed E-state index contributed by atoms with van der Waals surface area (Å²) in [5.74, 6) is 1.11. The summed E-state index contributed by atoms with van der Waals surface area (Å²) >= 11 is 0. The van der Waals surface area contributed by atoms with Gasteiger partial charge in [-0.15, -0.1) is 0 Å². The molecule has 4 rings (SSSR count). The minimum absolute atomic E-state index is 0.137. The van der Waals surface area contributed by atoms with Crippen molar-refractivity contribution in [2.75, 3.05) is 49.2 Å². The Morgan fingerprint density at radius 3 is 2.70 bits per heavy atom. The number of carbonyl (C=O) groups excluding carboxylic acids is 1. The van der Waals surface area contributed by atoms with Gasteiger partial charge in [-0.1, -0.05) is 0 Å². The van der Waals surface area contributed by atoms with E-state index in [9.17, 15) is 4.79 Å². The van der Waals surface area contributed by atoms with Gasteiger partial charge in [0.05, 0.1) is 24.8 Å². The first kappa shape index (κ1) is 17.8. The number of anilines is 2. The smallest absolute Gasteiger partial charge is 0.323 e. The van der Waals surface area contributed by atoms with E-state index in [1.807, 2.05) is 6.92 Å². The highest BCUT2D eigenvalue weighted by Crippen LogP contribution is 2.33. The summed E-state index contributed by atoms with van der Waals surface area (Å²) in [6.07, 6.45) is 3.70. The third-order valence-electron chi connectivity index (χ3n) is 4.83. The van der Waals surface area contributed by atoms with Gasteiger partial charge in [-0.05, 0) is 13.3 Å². The van der Waals surface area contributed by atoms with Crippen molar-refractivity contribution in [2.24, 2.45) is 15.7 Å². The molecule has 144 valence electrons. The van der Waals surface area contributed by atoms with E-state index < -0.39 is 6.29 Å². The Balaban J connectivity index is 1.75. The molecule has 2 amide bonds. The Morgan fingerprint density at radius 1 is 1.26 bits per heavy atom. The average Bonchev–Trinajstić information content (AvgIpc) is 3.13. The van der Waals surface area contributed by atoms with Gasteiger partial charge in [-0.25, -0.2) is 9.78 Å². The molecule has 0 spiro atoms. The summed E-state index contributed by atoms with van der Waals surface area (Å²) in [4.78, 5) is 34.2. The second-order valence-electron chi connectivity index (χ2n) is 6.58. The highest BCUT2D eigenvalue weighted by Gasteiger charge is 2.33. The second-order valence-corrected chi connectivity index (χ2v) is 6.58. The number of rotatable bonds is 3. The molecule has 0 bridgehead atoms. The summed E-state index contributed by atoms with van der Waals surface area (Å²) in [6.45, 7) is 5.76. The fraction of sp³-hybridized carbons (Fsp3) is 0.588. The summed E-state index contributed by atoms with van der Waals surface area (Å²) in [5.41, 5.74) is 7.53. The van der Waals surface area contributed by atoms with Crippen molar-refractivity contribution < 1.29 is 9.53 Å². The highest BCUT2D eigenvalue weighted by atomic mass is 16.5. The first-order valence-corrected chi connectivity index (χ1v) is 9.28. The minimum Gasteiger partial charge on any atom is -0.378 e. The number of carbonyl (C=O) groups is 1. The number of nitrogens with two attached hydrogens (primary N) is 1. The fourth-order valence-corrected chi connectivity index (χ4v) is 3.47. The van der Waals surface area contributed by atoms with Crippen LogP contribution in [-0.4, -0.2) is 74.1 Å². The van der Waals surface area contributed by atoms with Crippen LogP contribution in [-0.2, 0) is 11.2 Å². The number of aliphatic imine (C=N–C) groups is 2. The molecule has 10 nitrogen and oxygen atoms in total. The second kappa shape index (κ2) is 7.57. The first-order chi connectivity index (χ1) is 13.2. The number of nitrogens with zero attached hydrogens (tertiary/aromatic N) is 6. The van der Waals surface area contributed by atoms with E-state index >= 15 is 0 Å². The molecule has 27 heavy (non-hydrogen) atoms. The summed E-state index contributed by atoms with van der Waals surface area (Å²) in [6, 6.07) is -0.137. The zero-order chi connectivity index (χ0) is 18.8. The largest absolute Gasteiger partial charge is 0.378 e. The van der Waals surface area contributed by atoms with Crippen molar-refractivity contribution in [3.05, 3.63) is 11.3 Å². The average molecular weight is 372 g/mol. The van der Waals surface area contributed by atoms with E-state index in [4.69, 9.17) is 20.4 Å². The lowest BCUT2D eigenvalue weighted by molar-refractivity contribution is 0.122. The molecule has 0 atom stereocenters. The van der Waals surface area contributed by atoms with Crippen LogP contribution in [0.2, 0.25) is 0 Å². The summed E-state index contributed by atoms with van der Waals surface area (Å²) < 4.78 is 5.44. The van der Waals surface area contributed by atoms with E-state index in [1.165, 1.54) is 0 Å². The van der Waals surface area contributed by atoms with Gasteiger partial charge in [-0.2, -0.15) is 4.98 Å². The van der Waals surface area contributed by atoms with Crippen molar-refractivity contribution in [1.29, 1.82) is 0 Å². The number of morpholine rings is 1. The van der Waals surface area contributed by atoms with E-state index in [1.54, 1.807) is 17.3 Å². The number of ether oxygens (including phenoxy) is 1. The maximum Gasteiger partial charge on any atom is 0.323 e. The zero-order valence-corrected chi connectivity index (χ0v) is 15.3. The Morgan fingerprint density at radius 2 is 2.00 bits per heavy atom. The quantitative estimate of drug-likeness (QED) is 0.763. The van der Waals surface area contributed by atoms with Gasteiger partial charge < -0.3 is 15.0 Å². The van der Waals surface area contributed by atoms with Gasteiger partial charge in [0.15, 0.2) is 6.29 Å². The first-order valence-electron chi connectivity index (χ1n) is 9.28. The van der Waals surface area contributed by atoms with Gasteiger partial charge in [0.25, 0.3) is 0 Å². The lowest BCUT2D eigenvalue weighted by Gasteiger charge is -2.28. The molecule has 1 saturated heterocycles. The number of aromatic nitrogens is 2. The summed E-state index contributed by atoms with van der Waals surface area (Å²) in [7, 11) is 0. The van der Waals surface area contributed by atoms with E-state index in [0.717, 1.165) is 24.3 Å². The third-order valence-corrected chi connectivity index (χ3v) is 4.83. The van der Waals surface area contributed by atoms with Crippen LogP contribution in [0.4, 0.5) is 16.6 Å². The van der Waals surface area contributed by atoms with Crippen LogP contribution < -0.4 is 20.9 Å². The number of urea groups is 1. The van der Waals surface area contributed by atoms with Gasteiger partial charge >= 0.3 is 6.03 Å². The summed E-state index contributed by atoms with van der Waals surface area (Å²) in [5, 5.41) is 2.86. The predicted molar refractivity (Wildman–Crippen MR) is 103 cm³/mol. The van der Waals surface area contributed by atoms with Crippen LogP contribution in [0.5, 0.6) is 0 Å². The molecule has 10 heteroatoms. The maximum absolute atomic E-state index is 12.5. The Bertz CT molecular complexity index is 760. The van der Waals surface area contributed by atoms with E-state index in [-0.39, 0.29) is 11.9 Å².